The van der Waals surface area contributed by atoms with E-state index in [2.05, 4.69) is 10.2 Å². The van der Waals surface area contributed by atoms with Crippen LogP contribution >= 0.6 is 0 Å². The lowest BCUT2D eigenvalue weighted by Crippen LogP contribution is -2.09. The number of anilines is 1. The zero-order chi connectivity index (χ0) is 21.3. The van der Waals surface area contributed by atoms with Crippen molar-refractivity contribution in [3.05, 3.63) is 53.9 Å². The number of rotatable bonds is 6. The van der Waals surface area contributed by atoms with Crippen LogP contribution in [0, 0.1) is 6.92 Å². The van der Waals surface area contributed by atoms with E-state index in [1.807, 2.05) is 47.9 Å². The number of nitrogens with zero attached hydrogens (tertiary/aromatic N) is 3. The first kappa shape index (κ1) is 19.7. The molecule has 154 valence electrons. The second-order valence-electron chi connectivity index (χ2n) is 6.79. The monoisotopic (exact) mass is 406 g/mol. The number of ether oxygens (including phenoxy) is 3. The highest BCUT2D eigenvalue weighted by Crippen LogP contribution is 2.36. The van der Waals surface area contributed by atoms with Crippen LogP contribution in [-0.4, -0.2) is 48.2 Å². The molecule has 2 N–H and O–H groups in total. The molecule has 0 bridgehead atoms. The lowest BCUT2D eigenvalue weighted by atomic mass is 10.1. The van der Waals surface area contributed by atoms with Crippen LogP contribution in [0.25, 0.3) is 27.5 Å². The maximum absolute atomic E-state index is 12.5. The number of carbonyl (C=O) groups excluding carboxylic acids is 1. The van der Waals surface area contributed by atoms with E-state index in [-0.39, 0.29) is 5.69 Å². The normalized spacial score (nSPS) is 11.2. The Morgan fingerprint density at radius 3 is 2.73 bits per heavy atom. The average Bonchev–Trinajstić information content (AvgIpc) is 3.09. The van der Waals surface area contributed by atoms with E-state index in [4.69, 9.17) is 19.9 Å². The summed E-state index contributed by atoms with van der Waals surface area (Å²) in [7, 11) is 2.95. The standard InChI is InChI=1S/C22H22N4O4/c1-13-17(23)5-4-6-18(13)26-19-11-14(30-10-9-28-2)7-8-15(19)16-12-24-25-20(21(16)26)22(27)29-3/h4-8,11-12H,9-10,23H2,1-3H3. The van der Waals surface area contributed by atoms with Gasteiger partial charge < -0.3 is 24.5 Å². The van der Waals surface area contributed by atoms with Crippen LogP contribution in [0.15, 0.2) is 42.6 Å². The number of carbonyl (C=O) groups is 1. The van der Waals surface area contributed by atoms with Crippen LogP contribution in [0.5, 0.6) is 5.75 Å². The van der Waals surface area contributed by atoms with E-state index in [0.29, 0.717) is 30.2 Å². The van der Waals surface area contributed by atoms with Crippen molar-refractivity contribution in [2.75, 3.05) is 33.2 Å². The molecule has 8 heteroatoms. The van der Waals surface area contributed by atoms with Crippen molar-refractivity contribution >= 4 is 33.5 Å². The quantitative estimate of drug-likeness (QED) is 0.298. The second kappa shape index (κ2) is 8.00. The minimum absolute atomic E-state index is 0.134. The molecule has 0 aliphatic carbocycles. The van der Waals surface area contributed by atoms with Crippen molar-refractivity contribution in [2.45, 2.75) is 6.92 Å². The maximum Gasteiger partial charge on any atom is 0.360 e. The molecule has 0 spiro atoms. The number of nitrogens with two attached hydrogens (primary N) is 1. The van der Waals surface area contributed by atoms with Crippen LogP contribution in [0.1, 0.15) is 16.1 Å². The highest BCUT2D eigenvalue weighted by Gasteiger charge is 2.23. The fraction of sp³-hybridized carbons (Fsp3) is 0.227. The van der Waals surface area contributed by atoms with Gasteiger partial charge in [-0.05, 0) is 36.8 Å². The third-order valence-electron chi connectivity index (χ3n) is 5.07. The van der Waals surface area contributed by atoms with Gasteiger partial charge in [0.1, 0.15) is 12.4 Å². The van der Waals surface area contributed by atoms with Gasteiger partial charge in [0.15, 0.2) is 5.69 Å². The summed E-state index contributed by atoms with van der Waals surface area (Å²) in [6.07, 6.45) is 1.65. The van der Waals surface area contributed by atoms with Gasteiger partial charge in [-0.1, -0.05) is 6.07 Å². The topological polar surface area (TPSA) is 101 Å². The number of hydrogen-bond donors (Lipinski definition) is 1. The number of benzene rings is 2. The molecular formula is C22H22N4O4. The van der Waals surface area contributed by atoms with Crippen molar-refractivity contribution in [1.82, 2.24) is 14.8 Å². The maximum atomic E-state index is 12.5. The van der Waals surface area contributed by atoms with Crippen LogP contribution in [0.3, 0.4) is 0 Å². The van der Waals surface area contributed by atoms with Gasteiger partial charge in [-0.25, -0.2) is 4.79 Å². The molecule has 2 aromatic heterocycles. The van der Waals surface area contributed by atoms with E-state index in [1.54, 1.807) is 13.3 Å². The van der Waals surface area contributed by atoms with Gasteiger partial charge >= 0.3 is 5.97 Å². The number of esters is 1. The van der Waals surface area contributed by atoms with Gasteiger partial charge in [0.2, 0.25) is 0 Å². The highest BCUT2D eigenvalue weighted by atomic mass is 16.5. The third kappa shape index (κ3) is 3.21. The van der Waals surface area contributed by atoms with Crippen molar-refractivity contribution in [3.63, 3.8) is 0 Å². The predicted octanol–water partition coefficient (Wildman–Crippen LogP) is 3.28. The van der Waals surface area contributed by atoms with Crippen LogP contribution in [-0.2, 0) is 9.47 Å². The first-order valence-electron chi connectivity index (χ1n) is 9.42. The number of nitrogen functional groups attached to an aromatic ring is 1. The van der Waals surface area contributed by atoms with Gasteiger partial charge in [0.25, 0.3) is 0 Å². The Morgan fingerprint density at radius 1 is 1.13 bits per heavy atom. The molecule has 8 nitrogen and oxygen atoms in total. The van der Waals surface area contributed by atoms with Gasteiger partial charge in [0.05, 0.1) is 36.6 Å². The van der Waals surface area contributed by atoms with Gasteiger partial charge in [-0.3, -0.25) is 0 Å². The number of hydrogen-bond acceptors (Lipinski definition) is 7. The molecule has 4 aromatic rings. The Balaban J connectivity index is 2.08. The molecule has 0 saturated carbocycles. The molecule has 30 heavy (non-hydrogen) atoms. The van der Waals surface area contributed by atoms with Crippen molar-refractivity contribution in [2.24, 2.45) is 0 Å². The molecule has 2 aromatic carbocycles. The summed E-state index contributed by atoms with van der Waals surface area (Å²) in [6, 6.07) is 11.4. The summed E-state index contributed by atoms with van der Waals surface area (Å²) < 4.78 is 17.8. The molecule has 0 aliphatic heterocycles. The SMILES string of the molecule is COCCOc1ccc2c3cnnc(C(=O)OC)c3n(-c3cccc(N)c3C)c2c1. The molecular weight excluding hydrogens is 384 g/mol. The highest BCUT2D eigenvalue weighted by molar-refractivity contribution is 6.14. The molecule has 4 rings (SSSR count). The van der Waals surface area contributed by atoms with E-state index in [9.17, 15) is 4.79 Å². The molecule has 0 radical (unpaired) electrons. The Morgan fingerprint density at radius 2 is 1.97 bits per heavy atom. The average molecular weight is 406 g/mol. The molecule has 2 heterocycles. The summed E-state index contributed by atoms with van der Waals surface area (Å²) in [5.41, 5.74) is 10.1. The minimum Gasteiger partial charge on any atom is -0.491 e. The molecule has 0 atom stereocenters. The van der Waals surface area contributed by atoms with Gasteiger partial charge in [-0.2, -0.15) is 5.10 Å². The Kier molecular flexibility index (Phi) is 5.24. The largest absolute Gasteiger partial charge is 0.491 e. The van der Waals surface area contributed by atoms with Crippen LogP contribution in [0.4, 0.5) is 5.69 Å². The lowest BCUT2D eigenvalue weighted by Gasteiger charge is -2.14. The summed E-state index contributed by atoms with van der Waals surface area (Å²) in [5, 5.41) is 9.79. The summed E-state index contributed by atoms with van der Waals surface area (Å²) >= 11 is 0. The Hall–Kier alpha value is -3.65. The molecule has 0 unspecified atom stereocenters. The van der Waals surface area contributed by atoms with Crippen molar-refractivity contribution in [3.8, 4) is 11.4 Å². The fourth-order valence-electron chi connectivity index (χ4n) is 3.55. The second-order valence-corrected chi connectivity index (χ2v) is 6.79. The first-order chi connectivity index (χ1) is 14.6. The Bertz CT molecular complexity index is 1250. The number of fused-ring (bicyclic) bond motifs is 3. The minimum atomic E-state index is -0.560. The predicted molar refractivity (Wildman–Crippen MR) is 114 cm³/mol. The van der Waals surface area contributed by atoms with E-state index < -0.39 is 5.97 Å². The van der Waals surface area contributed by atoms with Gasteiger partial charge in [-0.15, -0.1) is 5.10 Å². The molecule has 0 fully saturated rings. The van der Waals surface area contributed by atoms with Gasteiger partial charge in [0, 0.05) is 29.6 Å². The smallest absolute Gasteiger partial charge is 0.360 e. The van der Waals surface area contributed by atoms with Crippen LogP contribution in [0.2, 0.25) is 0 Å². The van der Waals surface area contributed by atoms with Crippen LogP contribution < -0.4 is 10.5 Å². The zero-order valence-electron chi connectivity index (χ0n) is 17.0. The molecule has 0 saturated heterocycles. The summed E-state index contributed by atoms with van der Waals surface area (Å²) in [4.78, 5) is 12.5. The number of aromatic nitrogens is 3. The first-order valence-corrected chi connectivity index (χ1v) is 9.42. The van der Waals surface area contributed by atoms with Crippen molar-refractivity contribution < 1.29 is 19.0 Å². The molecule has 0 amide bonds. The van der Waals surface area contributed by atoms with E-state index in [1.165, 1.54) is 7.11 Å². The van der Waals surface area contributed by atoms with E-state index in [0.717, 1.165) is 27.5 Å². The van der Waals surface area contributed by atoms with E-state index >= 15 is 0 Å². The summed E-state index contributed by atoms with van der Waals surface area (Å²) in [6.45, 7) is 2.85. The fourth-order valence-corrected chi connectivity index (χ4v) is 3.55. The summed E-state index contributed by atoms with van der Waals surface area (Å²) in [5.74, 6) is 0.126. The van der Waals surface area contributed by atoms with Crippen molar-refractivity contribution in [1.29, 1.82) is 0 Å². The molecule has 0 aliphatic rings. The lowest BCUT2D eigenvalue weighted by molar-refractivity contribution is 0.0595. The number of methoxy groups -OCH3 is 2. The zero-order valence-corrected chi connectivity index (χ0v) is 17.0. The third-order valence-corrected chi connectivity index (χ3v) is 5.07. The Labute approximate surface area is 173 Å².